The van der Waals surface area contributed by atoms with Gasteiger partial charge in [0.05, 0.1) is 31.0 Å². The summed E-state index contributed by atoms with van der Waals surface area (Å²) in [5, 5.41) is 0. The molecular formula is C24H30N6O2. The van der Waals surface area contributed by atoms with Crippen molar-refractivity contribution in [3.8, 4) is 11.3 Å². The van der Waals surface area contributed by atoms with Gasteiger partial charge < -0.3 is 14.5 Å². The molecule has 1 aliphatic carbocycles. The van der Waals surface area contributed by atoms with Gasteiger partial charge in [-0.25, -0.2) is 4.98 Å². The molecule has 2 aromatic rings. The van der Waals surface area contributed by atoms with Gasteiger partial charge in [-0.15, -0.1) is 0 Å². The number of hydrogen-bond donors (Lipinski definition) is 0. The van der Waals surface area contributed by atoms with E-state index in [2.05, 4.69) is 30.7 Å². The van der Waals surface area contributed by atoms with Crippen molar-refractivity contribution in [2.24, 2.45) is 11.3 Å². The minimum absolute atomic E-state index is 0.121. The van der Waals surface area contributed by atoms with Crippen molar-refractivity contribution >= 4 is 11.7 Å². The Kier molecular flexibility index (Phi) is 5.07. The minimum Gasteiger partial charge on any atom is -0.380 e. The second-order valence-electron chi connectivity index (χ2n) is 9.81. The van der Waals surface area contributed by atoms with E-state index in [0.717, 1.165) is 56.3 Å². The maximum absolute atomic E-state index is 12.4. The molecule has 0 radical (unpaired) electrons. The van der Waals surface area contributed by atoms with E-state index >= 15 is 0 Å². The number of aromatic nitrogens is 3. The second kappa shape index (κ2) is 8.08. The maximum Gasteiger partial charge on any atom is 0.230 e. The van der Waals surface area contributed by atoms with Crippen LogP contribution in [-0.2, 0) is 9.53 Å². The van der Waals surface area contributed by atoms with Gasteiger partial charge in [0.1, 0.15) is 5.82 Å². The highest BCUT2D eigenvalue weighted by Crippen LogP contribution is 2.47. The third kappa shape index (κ3) is 3.55. The number of likely N-dealkylation sites (tertiary alicyclic amines) is 1. The van der Waals surface area contributed by atoms with Crippen LogP contribution in [0.4, 0.5) is 5.82 Å². The summed E-state index contributed by atoms with van der Waals surface area (Å²) in [6, 6.07) is 4.69. The first kappa shape index (κ1) is 20.1. The van der Waals surface area contributed by atoms with Crippen molar-refractivity contribution in [3.63, 3.8) is 0 Å². The van der Waals surface area contributed by atoms with Gasteiger partial charge in [0, 0.05) is 74.9 Å². The van der Waals surface area contributed by atoms with E-state index in [4.69, 9.17) is 9.72 Å². The Balaban J connectivity index is 1.05. The first-order valence-corrected chi connectivity index (χ1v) is 11.8. The van der Waals surface area contributed by atoms with Crippen molar-refractivity contribution in [3.05, 3.63) is 36.9 Å². The number of carbonyl (C=O) groups is 1. The van der Waals surface area contributed by atoms with Gasteiger partial charge in [0.15, 0.2) is 0 Å². The van der Waals surface area contributed by atoms with Crippen molar-refractivity contribution < 1.29 is 9.53 Å². The van der Waals surface area contributed by atoms with Crippen molar-refractivity contribution in [2.45, 2.75) is 25.3 Å². The molecule has 8 heteroatoms. The quantitative estimate of drug-likeness (QED) is 0.725. The lowest BCUT2D eigenvalue weighted by molar-refractivity contribution is -0.161. The van der Waals surface area contributed by atoms with E-state index in [0.29, 0.717) is 30.6 Å². The van der Waals surface area contributed by atoms with Crippen LogP contribution in [-0.4, -0.2) is 89.2 Å². The van der Waals surface area contributed by atoms with E-state index in [-0.39, 0.29) is 5.92 Å². The standard InChI is InChI=1S/C24H30N6O2/c31-23(18-14-32-15-18)30-16-24(17-30)4-3-19(12-24)28-8-10-29(11-9-28)22-20(2-1-5-27-22)21-13-25-6-7-26-21/h1-2,5-7,13,18-19H,3-4,8-12,14-17H2/t19-/m1/s1. The zero-order valence-corrected chi connectivity index (χ0v) is 18.4. The number of pyridine rings is 1. The predicted octanol–water partition coefficient (Wildman–Crippen LogP) is 1.69. The van der Waals surface area contributed by atoms with Crippen LogP contribution in [0.3, 0.4) is 0 Å². The van der Waals surface area contributed by atoms with Crippen LogP contribution in [0, 0.1) is 11.3 Å². The number of rotatable bonds is 4. The number of ether oxygens (including phenoxy) is 1. The first-order valence-electron chi connectivity index (χ1n) is 11.8. The molecule has 0 aromatic carbocycles. The highest BCUT2D eigenvalue weighted by molar-refractivity contribution is 5.80. The molecule has 1 amide bonds. The van der Waals surface area contributed by atoms with Crippen molar-refractivity contribution in [2.75, 3.05) is 57.4 Å². The highest BCUT2D eigenvalue weighted by atomic mass is 16.5. The molecule has 0 N–H and O–H groups in total. The van der Waals surface area contributed by atoms with Gasteiger partial charge in [-0.1, -0.05) is 0 Å². The first-order chi connectivity index (χ1) is 15.7. The summed E-state index contributed by atoms with van der Waals surface area (Å²) in [5.74, 6) is 1.44. The normalized spacial score (nSPS) is 25.6. The lowest BCUT2D eigenvalue weighted by Crippen LogP contribution is -2.61. The molecule has 5 heterocycles. The Morgan fingerprint density at radius 1 is 1.06 bits per heavy atom. The molecule has 8 nitrogen and oxygen atoms in total. The van der Waals surface area contributed by atoms with Gasteiger partial charge in [0.25, 0.3) is 0 Å². The van der Waals surface area contributed by atoms with Gasteiger partial charge in [0.2, 0.25) is 5.91 Å². The molecular weight excluding hydrogens is 404 g/mol. The Hall–Kier alpha value is -2.58. The van der Waals surface area contributed by atoms with Gasteiger partial charge in [-0.05, 0) is 31.4 Å². The molecule has 3 aliphatic heterocycles. The molecule has 4 fully saturated rings. The van der Waals surface area contributed by atoms with Gasteiger partial charge in [-0.2, -0.15) is 0 Å². The number of anilines is 1. The molecule has 1 saturated carbocycles. The van der Waals surface area contributed by atoms with Crippen molar-refractivity contribution in [1.29, 1.82) is 0 Å². The zero-order chi connectivity index (χ0) is 21.5. The number of carbonyl (C=O) groups excluding carboxylic acids is 1. The van der Waals surface area contributed by atoms with Crippen LogP contribution in [0.1, 0.15) is 19.3 Å². The monoisotopic (exact) mass is 434 g/mol. The summed E-state index contributed by atoms with van der Waals surface area (Å²) >= 11 is 0. The molecule has 4 aliphatic rings. The number of piperazine rings is 1. The smallest absolute Gasteiger partial charge is 0.230 e. The Morgan fingerprint density at radius 2 is 1.91 bits per heavy atom. The van der Waals surface area contributed by atoms with Crippen LogP contribution in [0.15, 0.2) is 36.9 Å². The summed E-state index contributed by atoms with van der Waals surface area (Å²) in [5.41, 5.74) is 2.28. The predicted molar refractivity (Wildman–Crippen MR) is 120 cm³/mol. The Bertz CT molecular complexity index is 967. The maximum atomic E-state index is 12.4. The molecule has 3 saturated heterocycles. The summed E-state index contributed by atoms with van der Waals surface area (Å²) in [6.45, 7) is 7.19. The average molecular weight is 435 g/mol. The minimum atomic E-state index is 0.121. The van der Waals surface area contributed by atoms with E-state index in [1.54, 1.807) is 18.6 Å². The molecule has 0 bridgehead atoms. The Morgan fingerprint density at radius 3 is 2.62 bits per heavy atom. The average Bonchev–Trinajstić information content (AvgIpc) is 3.24. The zero-order valence-electron chi connectivity index (χ0n) is 18.4. The van der Waals surface area contributed by atoms with Crippen LogP contribution in [0.5, 0.6) is 0 Å². The van der Waals surface area contributed by atoms with Crippen LogP contribution < -0.4 is 4.90 Å². The third-order valence-electron chi connectivity index (χ3n) is 7.78. The second-order valence-corrected chi connectivity index (χ2v) is 9.81. The summed E-state index contributed by atoms with van der Waals surface area (Å²) in [7, 11) is 0. The van der Waals surface area contributed by atoms with Crippen LogP contribution >= 0.6 is 0 Å². The summed E-state index contributed by atoms with van der Waals surface area (Å²) in [4.78, 5) is 33.0. The van der Waals surface area contributed by atoms with Crippen LogP contribution in [0.25, 0.3) is 11.3 Å². The molecule has 32 heavy (non-hydrogen) atoms. The van der Waals surface area contributed by atoms with Crippen molar-refractivity contribution in [1.82, 2.24) is 24.8 Å². The molecule has 1 atom stereocenters. The van der Waals surface area contributed by atoms with Gasteiger partial charge >= 0.3 is 0 Å². The highest BCUT2D eigenvalue weighted by Gasteiger charge is 2.52. The topological polar surface area (TPSA) is 74.7 Å². The van der Waals surface area contributed by atoms with Gasteiger partial charge in [-0.3, -0.25) is 19.7 Å². The fourth-order valence-corrected chi connectivity index (χ4v) is 5.92. The number of amides is 1. The largest absolute Gasteiger partial charge is 0.380 e. The summed E-state index contributed by atoms with van der Waals surface area (Å²) in [6.07, 6.45) is 10.8. The van der Waals surface area contributed by atoms with E-state index in [1.807, 2.05) is 12.3 Å². The lowest BCUT2D eigenvalue weighted by atomic mass is 9.77. The lowest BCUT2D eigenvalue weighted by Gasteiger charge is -2.50. The molecule has 1 spiro atoms. The SMILES string of the molecule is O=C(C1COC1)N1CC2(CC[C@@H](N3CCN(c4ncccc4-c4cnccn4)CC3)C2)C1. The molecule has 6 rings (SSSR count). The summed E-state index contributed by atoms with van der Waals surface area (Å²) < 4.78 is 5.19. The third-order valence-corrected chi connectivity index (χ3v) is 7.78. The fourth-order valence-electron chi connectivity index (χ4n) is 5.92. The molecule has 168 valence electrons. The van der Waals surface area contributed by atoms with E-state index in [1.165, 1.54) is 19.3 Å². The number of nitrogens with zero attached hydrogens (tertiary/aromatic N) is 6. The van der Waals surface area contributed by atoms with E-state index < -0.39 is 0 Å². The number of hydrogen-bond acceptors (Lipinski definition) is 7. The molecule has 0 unspecified atom stereocenters. The van der Waals surface area contributed by atoms with Crippen LogP contribution in [0.2, 0.25) is 0 Å². The van der Waals surface area contributed by atoms with E-state index in [9.17, 15) is 4.79 Å². The molecule has 2 aromatic heterocycles. The fraction of sp³-hybridized carbons (Fsp3) is 0.583. The Labute approximate surface area is 188 Å².